The van der Waals surface area contributed by atoms with Crippen LogP contribution >= 0.6 is 11.6 Å². The highest BCUT2D eigenvalue weighted by Gasteiger charge is 2.13. The largest absolute Gasteiger partial charge is 0.506 e. The lowest BCUT2D eigenvalue weighted by Gasteiger charge is -2.27. The molecule has 1 fully saturated rings. The summed E-state index contributed by atoms with van der Waals surface area (Å²) >= 11 is 5.87. The number of likely N-dealkylation sites (tertiary alicyclic amines) is 1. The van der Waals surface area contributed by atoms with Crippen LogP contribution in [-0.2, 0) is 6.54 Å². The number of nitrogens with one attached hydrogen (secondary N) is 1. The Morgan fingerprint density at radius 2 is 1.83 bits per heavy atom. The van der Waals surface area contributed by atoms with Crippen LogP contribution in [0.15, 0.2) is 59.7 Å². The van der Waals surface area contributed by atoms with Gasteiger partial charge in [0.2, 0.25) is 0 Å². The van der Waals surface area contributed by atoms with Crippen molar-refractivity contribution >= 4 is 34.5 Å². The molecular formula is C24H24ClN3O2. The van der Waals surface area contributed by atoms with Crippen molar-refractivity contribution in [2.75, 3.05) is 13.1 Å². The highest BCUT2D eigenvalue weighted by Crippen LogP contribution is 2.25. The molecule has 3 aromatic rings. The monoisotopic (exact) mass is 421 g/mol. The SMILES string of the molecule is O=C(N/N=C/c1ccc(CN2CCCCC2)c2ccccc12)c1ccc(O)c(Cl)c1. The second-order valence-corrected chi connectivity index (χ2v) is 7.97. The lowest BCUT2D eigenvalue weighted by Crippen LogP contribution is -2.29. The van der Waals surface area contributed by atoms with Crippen molar-refractivity contribution in [3.05, 3.63) is 76.3 Å². The van der Waals surface area contributed by atoms with Crippen molar-refractivity contribution in [1.29, 1.82) is 0 Å². The normalized spacial score (nSPS) is 15.0. The van der Waals surface area contributed by atoms with E-state index in [1.807, 2.05) is 6.07 Å². The Kier molecular flexibility index (Phi) is 6.31. The van der Waals surface area contributed by atoms with Gasteiger partial charge in [0, 0.05) is 17.7 Å². The number of nitrogens with zero attached hydrogens (tertiary/aromatic N) is 2. The first-order valence-electron chi connectivity index (χ1n) is 10.2. The maximum absolute atomic E-state index is 12.3. The van der Waals surface area contributed by atoms with Gasteiger partial charge in [0.25, 0.3) is 5.91 Å². The number of phenolic OH excluding ortho intramolecular Hbond substituents is 1. The van der Waals surface area contributed by atoms with E-state index in [9.17, 15) is 9.90 Å². The third-order valence-corrected chi connectivity index (χ3v) is 5.77. The Hall–Kier alpha value is -2.89. The quantitative estimate of drug-likeness (QED) is 0.452. The van der Waals surface area contributed by atoms with Gasteiger partial charge in [-0.05, 0) is 60.5 Å². The summed E-state index contributed by atoms with van der Waals surface area (Å²) in [6.07, 6.45) is 5.53. The molecule has 0 spiro atoms. The summed E-state index contributed by atoms with van der Waals surface area (Å²) in [5, 5.41) is 16.1. The topological polar surface area (TPSA) is 64.9 Å². The summed E-state index contributed by atoms with van der Waals surface area (Å²) in [5.41, 5.74) is 5.11. The van der Waals surface area contributed by atoms with Gasteiger partial charge in [-0.15, -0.1) is 0 Å². The van der Waals surface area contributed by atoms with Crippen LogP contribution in [-0.4, -0.2) is 35.2 Å². The van der Waals surface area contributed by atoms with E-state index in [1.54, 1.807) is 6.21 Å². The number of hydrogen-bond donors (Lipinski definition) is 2. The molecule has 0 saturated carbocycles. The van der Waals surface area contributed by atoms with Crippen LogP contribution in [0.4, 0.5) is 0 Å². The minimum Gasteiger partial charge on any atom is -0.506 e. The fourth-order valence-electron chi connectivity index (χ4n) is 3.87. The molecule has 0 aliphatic carbocycles. The van der Waals surface area contributed by atoms with Gasteiger partial charge in [0.15, 0.2) is 0 Å². The number of carbonyl (C=O) groups excluding carboxylic acids is 1. The van der Waals surface area contributed by atoms with Crippen LogP contribution in [0.1, 0.15) is 40.7 Å². The first-order chi connectivity index (χ1) is 14.6. The van der Waals surface area contributed by atoms with Crippen molar-refractivity contribution in [1.82, 2.24) is 10.3 Å². The predicted molar refractivity (Wildman–Crippen MR) is 121 cm³/mol. The zero-order chi connectivity index (χ0) is 20.9. The highest BCUT2D eigenvalue weighted by atomic mass is 35.5. The van der Waals surface area contributed by atoms with E-state index in [0.717, 1.165) is 30.6 Å². The fraction of sp³-hybridized carbons (Fsp3) is 0.250. The van der Waals surface area contributed by atoms with Crippen LogP contribution in [0, 0.1) is 0 Å². The van der Waals surface area contributed by atoms with Gasteiger partial charge in [-0.3, -0.25) is 9.69 Å². The molecule has 4 rings (SSSR count). The zero-order valence-electron chi connectivity index (χ0n) is 16.6. The number of benzene rings is 3. The van der Waals surface area contributed by atoms with Crippen molar-refractivity contribution < 1.29 is 9.90 Å². The molecule has 1 saturated heterocycles. The van der Waals surface area contributed by atoms with Gasteiger partial charge in [0.05, 0.1) is 11.2 Å². The molecule has 0 unspecified atom stereocenters. The summed E-state index contributed by atoms with van der Waals surface area (Å²) in [7, 11) is 0. The Labute approximate surface area is 181 Å². The third kappa shape index (κ3) is 4.64. The Morgan fingerprint density at radius 1 is 1.07 bits per heavy atom. The Morgan fingerprint density at radius 3 is 2.60 bits per heavy atom. The van der Waals surface area contributed by atoms with E-state index in [0.29, 0.717) is 5.56 Å². The van der Waals surface area contributed by atoms with Crippen LogP contribution in [0.25, 0.3) is 10.8 Å². The number of piperidine rings is 1. The standard InChI is InChI=1S/C24H24ClN3O2/c25-22-14-17(10-11-23(22)29)24(30)27-26-15-18-8-9-19(16-28-12-4-1-5-13-28)21-7-3-2-6-20(18)21/h2-3,6-11,14-15,29H,1,4-5,12-13,16H2,(H,27,30)/b26-15+. The first kappa shape index (κ1) is 20.4. The molecular weight excluding hydrogens is 398 g/mol. The molecule has 5 nitrogen and oxygen atoms in total. The summed E-state index contributed by atoms with van der Waals surface area (Å²) in [6.45, 7) is 3.27. The van der Waals surface area contributed by atoms with E-state index < -0.39 is 0 Å². The number of amides is 1. The molecule has 3 aromatic carbocycles. The summed E-state index contributed by atoms with van der Waals surface area (Å²) < 4.78 is 0. The lowest BCUT2D eigenvalue weighted by atomic mass is 9.99. The minimum atomic E-state index is -0.390. The fourth-order valence-corrected chi connectivity index (χ4v) is 4.05. The van der Waals surface area contributed by atoms with E-state index in [2.05, 4.69) is 45.8 Å². The van der Waals surface area contributed by atoms with Crippen LogP contribution < -0.4 is 5.43 Å². The van der Waals surface area contributed by atoms with Crippen molar-refractivity contribution in [3.63, 3.8) is 0 Å². The van der Waals surface area contributed by atoms with Gasteiger partial charge in [-0.1, -0.05) is 54.4 Å². The van der Waals surface area contributed by atoms with E-state index in [1.165, 1.54) is 48.4 Å². The Bertz CT molecular complexity index is 1090. The van der Waals surface area contributed by atoms with Gasteiger partial charge >= 0.3 is 0 Å². The molecule has 1 heterocycles. The van der Waals surface area contributed by atoms with E-state index in [4.69, 9.17) is 11.6 Å². The molecule has 0 bridgehead atoms. The average molecular weight is 422 g/mol. The number of hydrazone groups is 1. The number of hydrogen-bond acceptors (Lipinski definition) is 4. The van der Waals surface area contributed by atoms with Crippen molar-refractivity contribution in [2.45, 2.75) is 25.8 Å². The Balaban J connectivity index is 1.52. The number of carbonyl (C=O) groups is 1. The van der Waals surface area contributed by atoms with Gasteiger partial charge < -0.3 is 5.11 Å². The molecule has 1 aliphatic heterocycles. The number of halogens is 1. The predicted octanol–water partition coefficient (Wildman–Crippen LogP) is 4.95. The van der Waals surface area contributed by atoms with Gasteiger partial charge in [-0.2, -0.15) is 5.10 Å². The first-order valence-corrected chi connectivity index (χ1v) is 10.5. The average Bonchev–Trinajstić information content (AvgIpc) is 2.77. The summed E-state index contributed by atoms with van der Waals surface area (Å²) in [4.78, 5) is 14.8. The van der Waals surface area contributed by atoms with Gasteiger partial charge in [-0.25, -0.2) is 5.43 Å². The second kappa shape index (κ2) is 9.28. The zero-order valence-corrected chi connectivity index (χ0v) is 17.4. The van der Waals surface area contributed by atoms with E-state index >= 15 is 0 Å². The van der Waals surface area contributed by atoms with Crippen molar-refractivity contribution in [2.24, 2.45) is 5.10 Å². The third-order valence-electron chi connectivity index (χ3n) is 5.47. The number of phenols is 1. The highest BCUT2D eigenvalue weighted by molar-refractivity contribution is 6.32. The molecule has 0 atom stereocenters. The van der Waals surface area contributed by atoms with Gasteiger partial charge in [0.1, 0.15) is 5.75 Å². The molecule has 1 amide bonds. The lowest BCUT2D eigenvalue weighted by molar-refractivity contribution is 0.0955. The maximum atomic E-state index is 12.3. The molecule has 2 N–H and O–H groups in total. The number of aromatic hydroxyl groups is 1. The molecule has 0 radical (unpaired) electrons. The van der Waals surface area contributed by atoms with Crippen LogP contribution in [0.3, 0.4) is 0 Å². The van der Waals surface area contributed by atoms with E-state index in [-0.39, 0.29) is 16.7 Å². The molecule has 1 aliphatic rings. The van der Waals surface area contributed by atoms with Crippen LogP contribution in [0.2, 0.25) is 5.02 Å². The second-order valence-electron chi connectivity index (χ2n) is 7.56. The number of rotatable bonds is 5. The van der Waals surface area contributed by atoms with Crippen LogP contribution in [0.5, 0.6) is 5.75 Å². The van der Waals surface area contributed by atoms with Crippen molar-refractivity contribution in [3.8, 4) is 5.75 Å². The maximum Gasteiger partial charge on any atom is 0.271 e. The number of fused-ring (bicyclic) bond motifs is 1. The molecule has 6 heteroatoms. The molecule has 0 aromatic heterocycles. The smallest absolute Gasteiger partial charge is 0.271 e. The summed E-state index contributed by atoms with van der Waals surface area (Å²) in [5.74, 6) is -0.452. The molecule has 154 valence electrons. The molecule has 30 heavy (non-hydrogen) atoms. The summed E-state index contributed by atoms with van der Waals surface area (Å²) in [6, 6.07) is 16.8. The minimum absolute atomic E-state index is 0.0622.